The molecule has 3 N–H and O–H groups in total. The molecule has 4 aromatic rings. The number of aromatic nitrogens is 8. The van der Waals surface area contributed by atoms with Crippen LogP contribution in [0.1, 0.15) is 6.92 Å². The Kier molecular flexibility index (Phi) is 2.61. The van der Waals surface area contributed by atoms with Gasteiger partial charge in [-0.15, -0.1) is 10.2 Å². The number of hydrogen-bond donors (Lipinski definition) is 3. The number of benzene rings is 1. The van der Waals surface area contributed by atoms with E-state index in [1.165, 1.54) is 4.52 Å². The predicted molar refractivity (Wildman–Crippen MR) is 78.4 cm³/mol. The van der Waals surface area contributed by atoms with Gasteiger partial charge in [-0.2, -0.15) is 4.52 Å². The SMILES string of the molecule is CCNc1ccc2[nH]c(=O)n3nc(-c4nnn[nH]4)nc3c2c1. The minimum absolute atomic E-state index is 0.261. The molecular weight excluding hydrogens is 286 g/mol. The van der Waals surface area contributed by atoms with Crippen LogP contribution >= 0.6 is 0 Å². The van der Waals surface area contributed by atoms with Crippen LogP contribution in [0.25, 0.3) is 28.2 Å². The molecule has 0 unspecified atom stereocenters. The number of fused-ring (bicyclic) bond motifs is 3. The molecule has 4 rings (SSSR count). The lowest BCUT2D eigenvalue weighted by Gasteiger charge is -2.05. The lowest BCUT2D eigenvalue weighted by molar-refractivity contribution is 0.881. The van der Waals surface area contributed by atoms with Crippen molar-refractivity contribution in [2.45, 2.75) is 6.92 Å². The van der Waals surface area contributed by atoms with E-state index < -0.39 is 0 Å². The summed E-state index contributed by atoms with van der Waals surface area (Å²) in [5, 5.41) is 21.5. The van der Waals surface area contributed by atoms with Gasteiger partial charge in [0.15, 0.2) is 5.65 Å². The van der Waals surface area contributed by atoms with Gasteiger partial charge in [-0.05, 0) is 35.5 Å². The summed E-state index contributed by atoms with van der Waals surface area (Å²) < 4.78 is 1.20. The van der Waals surface area contributed by atoms with Crippen LogP contribution in [-0.2, 0) is 0 Å². The van der Waals surface area contributed by atoms with Gasteiger partial charge in [0.2, 0.25) is 11.6 Å². The third-order valence-corrected chi connectivity index (χ3v) is 3.24. The fourth-order valence-corrected chi connectivity index (χ4v) is 2.30. The molecule has 0 amide bonds. The Balaban J connectivity index is 2.04. The van der Waals surface area contributed by atoms with Gasteiger partial charge in [-0.3, -0.25) is 0 Å². The van der Waals surface area contributed by atoms with Crippen molar-refractivity contribution < 1.29 is 0 Å². The quantitative estimate of drug-likeness (QED) is 0.492. The fraction of sp³-hybridized carbons (Fsp3) is 0.167. The van der Waals surface area contributed by atoms with Crippen molar-refractivity contribution in [1.82, 2.24) is 40.2 Å². The summed E-state index contributed by atoms with van der Waals surface area (Å²) in [6.45, 7) is 2.81. The maximum absolute atomic E-state index is 12.1. The summed E-state index contributed by atoms with van der Waals surface area (Å²) in [4.78, 5) is 19.3. The van der Waals surface area contributed by atoms with E-state index in [0.29, 0.717) is 17.0 Å². The summed E-state index contributed by atoms with van der Waals surface area (Å²) in [5.41, 5.74) is 1.71. The zero-order chi connectivity index (χ0) is 15.1. The lowest BCUT2D eigenvalue weighted by atomic mass is 10.2. The van der Waals surface area contributed by atoms with E-state index in [1.807, 2.05) is 25.1 Å². The Hall–Kier alpha value is -3.30. The van der Waals surface area contributed by atoms with Crippen molar-refractivity contribution in [2.75, 3.05) is 11.9 Å². The van der Waals surface area contributed by atoms with Crippen molar-refractivity contribution in [1.29, 1.82) is 0 Å². The highest BCUT2D eigenvalue weighted by Gasteiger charge is 2.14. The van der Waals surface area contributed by atoms with E-state index in [1.54, 1.807) is 0 Å². The largest absolute Gasteiger partial charge is 0.385 e. The van der Waals surface area contributed by atoms with Crippen LogP contribution in [0, 0.1) is 0 Å². The van der Waals surface area contributed by atoms with Gasteiger partial charge in [0, 0.05) is 17.6 Å². The Morgan fingerprint density at radius 3 is 3.05 bits per heavy atom. The number of H-pyrrole nitrogens is 2. The third-order valence-electron chi connectivity index (χ3n) is 3.24. The van der Waals surface area contributed by atoms with E-state index in [0.717, 1.165) is 17.6 Å². The van der Waals surface area contributed by atoms with E-state index >= 15 is 0 Å². The molecule has 0 bridgehead atoms. The highest BCUT2D eigenvalue weighted by atomic mass is 16.1. The number of nitrogens with zero attached hydrogens (tertiary/aromatic N) is 6. The lowest BCUT2D eigenvalue weighted by Crippen LogP contribution is -2.17. The van der Waals surface area contributed by atoms with E-state index in [-0.39, 0.29) is 11.5 Å². The maximum Gasteiger partial charge on any atom is 0.348 e. The second-order valence-corrected chi connectivity index (χ2v) is 4.64. The molecule has 0 aliphatic carbocycles. The summed E-state index contributed by atoms with van der Waals surface area (Å²) in [6.07, 6.45) is 0. The first-order chi connectivity index (χ1) is 10.8. The first-order valence-electron chi connectivity index (χ1n) is 6.67. The molecule has 0 atom stereocenters. The van der Waals surface area contributed by atoms with Gasteiger partial charge in [-0.25, -0.2) is 14.9 Å². The number of hydrogen-bond acceptors (Lipinski definition) is 7. The normalized spacial score (nSPS) is 11.3. The minimum Gasteiger partial charge on any atom is -0.385 e. The molecule has 10 nitrogen and oxygen atoms in total. The Morgan fingerprint density at radius 2 is 2.27 bits per heavy atom. The van der Waals surface area contributed by atoms with Crippen molar-refractivity contribution in [3.8, 4) is 11.6 Å². The molecule has 0 fully saturated rings. The van der Waals surface area contributed by atoms with Gasteiger partial charge >= 0.3 is 5.69 Å². The van der Waals surface area contributed by atoms with Crippen LogP contribution in [0.2, 0.25) is 0 Å². The molecule has 1 aromatic carbocycles. The monoisotopic (exact) mass is 297 g/mol. The zero-order valence-corrected chi connectivity index (χ0v) is 11.5. The predicted octanol–water partition coefficient (Wildman–Crippen LogP) is 0.183. The molecule has 110 valence electrons. The molecule has 3 aromatic heterocycles. The smallest absolute Gasteiger partial charge is 0.348 e. The van der Waals surface area contributed by atoms with Crippen LogP contribution in [0.5, 0.6) is 0 Å². The van der Waals surface area contributed by atoms with Crippen molar-refractivity contribution in [2.24, 2.45) is 0 Å². The highest BCUT2D eigenvalue weighted by molar-refractivity contribution is 5.93. The molecule has 0 spiro atoms. The van der Waals surface area contributed by atoms with Crippen LogP contribution in [-0.4, -0.2) is 46.8 Å². The zero-order valence-electron chi connectivity index (χ0n) is 11.5. The van der Waals surface area contributed by atoms with Gasteiger partial charge < -0.3 is 10.3 Å². The molecule has 22 heavy (non-hydrogen) atoms. The number of tetrazole rings is 1. The number of rotatable bonds is 3. The van der Waals surface area contributed by atoms with Crippen molar-refractivity contribution in [3.63, 3.8) is 0 Å². The van der Waals surface area contributed by atoms with E-state index in [9.17, 15) is 4.79 Å². The van der Waals surface area contributed by atoms with Crippen LogP contribution < -0.4 is 11.0 Å². The van der Waals surface area contributed by atoms with E-state index in [4.69, 9.17) is 0 Å². The Bertz CT molecular complexity index is 1010. The van der Waals surface area contributed by atoms with Gasteiger partial charge in [0.1, 0.15) is 0 Å². The van der Waals surface area contributed by atoms with E-state index in [2.05, 4.69) is 41.0 Å². The third kappa shape index (κ3) is 1.81. The molecule has 3 heterocycles. The molecule has 0 aliphatic rings. The maximum atomic E-state index is 12.1. The second kappa shape index (κ2) is 4.62. The topological polar surface area (TPSA) is 130 Å². The number of nitrogens with one attached hydrogen (secondary N) is 3. The van der Waals surface area contributed by atoms with Gasteiger partial charge in [-0.1, -0.05) is 0 Å². The summed E-state index contributed by atoms with van der Waals surface area (Å²) >= 11 is 0. The van der Waals surface area contributed by atoms with Crippen LogP contribution in [0.3, 0.4) is 0 Å². The Labute approximate surface area is 122 Å². The van der Waals surface area contributed by atoms with Crippen molar-refractivity contribution in [3.05, 3.63) is 28.7 Å². The molecule has 0 aliphatic heterocycles. The standard InChI is InChI=1S/C12H11N9O/c1-2-13-6-3-4-8-7(5-6)11-15-9(10-16-19-20-17-10)18-21(11)12(22)14-8/h3-5,13H,2H2,1H3,(H,14,22)(H,16,17,19,20). The summed E-state index contributed by atoms with van der Waals surface area (Å²) in [6, 6.07) is 5.65. The molecule has 10 heteroatoms. The molecule has 0 saturated heterocycles. The minimum atomic E-state index is -0.370. The first-order valence-corrected chi connectivity index (χ1v) is 6.67. The van der Waals surface area contributed by atoms with Gasteiger partial charge in [0.25, 0.3) is 0 Å². The Morgan fingerprint density at radius 1 is 1.36 bits per heavy atom. The molecule has 0 radical (unpaired) electrons. The second-order valence-electron chi connectivity index (χ2n) is 4.64. The molecule has 0 saturated carbocycles. The van der Waals surface area contributed by atoms with Crippen LogP contribution in [0.15, 0.2) is 23.0 Å². The summed E-state index contributed by atoms with van der Waals surface area (Å²) in [7, 11) is 0. The average Bonchev–Trinajstić information content (AvgIpc) is 3.17. The molecular formula is C12H11N9O. The fourth-order valence-electron chi connectivity index (χ4n) is 2.30. The van der Waals surface area contributed by atoms with Crippen molar-refractivity contribution >= 4 is 22.2 Å². The highest BCUT2D eigenvalue weighted by Crippen LogP contribution is 2.21. The first kappa shape index (κ1) is 12.4. The van der Waals surface area contributed by atoms with Gasteiger partial charge in [0.05, 0.1) is 5.52 Å². The summed E-state index contributed by atoms with van der Waals surface area (Å²) in [5.74, 6) is 0.566. The average molecular weight is 297 g/mol. The van der Waals surface area contributed by atoms with Crippen LogP contribution in [0.4, 0.5) is 5.69 Å². The number of aromatic amines is 2. The number of anilines is 1.